The first-order valence-corrected chi connectivity index (χ1v) is 9.09. The fourth-order valence-electron chi connectivity index (χ4n) is 2.99. The summed E-state index contributed by atoms with van der Waals surface area (Å²) in [6, 6.07) is 8.92. The number of thiophene rings is 1. The van der Waals surface area contributed by atoms with E-state index in [1.807, 2.05) is 6.07 Å². The van der Waals surface area contributed by atoms with Gasteiger partial charge in [0.05, 0.1) is 17.0 Å². The van der Waals surface area contributed by atoms with Gasteiger partial charge in [0.15, 0.2) is 0 Å². The van der Waals surface area contributed by atoms with Gasteiger partial charge in [0.25, 0.3) is 5.91 Å². The predicted molar refractivity (Wildman–Crippen MR) is 93.0 cm³/mol. The summed E-state index contributed by atoms with van der Waals surface area (Å²) in [6.07, 6.45) is -3.40. The van der Waals surface area contributed by atoms with E-state index in [2.05, 4.69) is 5.32 Å². The van der Waals surface area contributed by atoms with Crippen molar-refractivity contribution in [2.45, 2.75) is 19.0 Å². The van der Waals surface area contributed by atoms with E-state index in [0.29, 0.717) is 25.1 Å². The third-order valence-electron chi connectivity index (χ3n) is 4.32. The van der Waals surface area contributed by atoms with Gasteiger partial charge >= 0.3 is 6.18 Å². The fraction of sp³-hybridized carbons (Fsp3) is 0.333. The van der Waals surface area contributed by atoms with E-state index < -0.39 is 23.6 Å². The minimum Gasteiger partial charge on any atom is -0.338 e. The van der Waals surface area contributed by atoms with Crippen LogP contribution in [0.1, 0.15) is 28.8 Å². The Morgan fingerprint density at radius 2 is 1.88 bits per heavy atom. The number of rotatable bonds is 3. The molecule has 0 spiro atoms. The summed E-state index contributed by atoms with van der Waals surface area (Å²) in [6.45, 7) is 0.464. The molecule has 2 heterocycles. The predicted octanol–water partition coefficient (Wildman–Crippen LogP) is 4.26. The first-order chi connectivity index (χ1) is 12.4. The molecular weight excluding hydrogens is 365 g/mol. The highest BCUT2D eigenvalue weighted by atomic mass is 32.1. The van der Waals surface area contributed by atoms with E-state index in [1.165, 1.54) is 10.3 Å². The maximum atomic E-state index is 13.0. The number of benzene rings is 1. The minimum absolute atomic E-state index is 0.116. The van der Waals surface area contributed by atoms with Crippen molar-refractivity contribution in [3.05, 3.63) is 52.2 Å². The van der Waals surface area contributed by atoms with Crippen molar-refractivity contribution in [3.63, 3.8) is 0 Å². The molecule has 1 saturated heterocycles. The first kappa shape index (κ1) is 18.4. The molecule has 3 rings (SSSR count). The fourth-order valence-corrected chi connectivity index (χ4v) is 3.82. The molecule has 0 aliphatic carbocycles. The number of para-hydroxylation sites is 1. The van der Waals surface area contributed by atoms with Gasteiger partial charge in [0, 0.05) is 29.5 Å². The number of hydrogen-bond acceptors (Lipinski definition) is 3. The highest BCUT2D eigenvalue weighted by molar-refractivity contribution is 7.08. The topological polar surface area (TPSA) is 49.4 Å². The van der Waals surface area contributed by atoms with Crippen LogP contribution in [0.2, 0.25) is 0 Å². The van der Waals surface area contributed by atoms with Crippen LogP contribution < -0.4 is 5.32 Å². The Morgan fingerprint density at radius 3 is 2.58 bits per heavy atom. The lowest BCUT2D eigenvalue weighted by Crippen LogP contribution is -2.44. The van der Waals surface area contributed by atoms with Crippen molar-refractivity contribution in [2.75, 3.05) is 18.4 Å². The molecule has 138 valence electrons. The summed E-state index contributed by atoms with van der Waals surface area (Å²) >= 11 is 0.848. The average molecular weight is 382 g/mol. The normalized spacial score (nSPS) is 17.8. The summed E-state index contributed by atoms with van der Waals surface area (Å²) < 4.78 is 39.1. The Bertz CT molecular complexity index is 789. The zero-order chi connectivity index (χ0) is 18.7. The molecule has 1 fully saturated rings. The summed E-state index contributed by atoms with van der Waals surface area (Å²) in [7, 11) is 0. The SMILES string of the molecule is O=C(Nc1ccccc1)C1CCCN(C(=O)c2cscc2C(F)(F)F)C1. The van der Waals surface area contributed by atoms with Gasteiger partial charge in [-0.15, -0.1) is 0 Å². The Morgan fingerprint density at radius 1 is 1.15 bits per heavy atom. The second kappa shape index (κ2) is 7.49. The largest absolute Gasteiger partial charge is 0.417 e. The standard InChI is InChI=1S/C18H17F3N2O2S/c19-18(20,21)15-11-26-10-14(15)17(25)23-8-4-5-12(9-23)16(24)22-13-6-2-1-3-7-13/h1-3,6-7,10-12H,4-5,8-9H2,(H,22,24). The Hall–Kier alpha value is -2.35. The number of carbonyl (C=O) groups excluding carboxylic acids is 2. The molecule has 2 amide bonds. The van der Waals surface area contributed by atoms with Gasteiger partial charge < -0.3 is 10.2 Å². The lowest BCUT2D eigenvalue weighted by atomic mass is 9.96. The van der Waals surface area contributed by atoms with Crippen LogP contribution in [0.4, 0.5) is 18.9 Å². The molecule has 1 aromatic carbocycles. The minimum atomic E-state index is -4.56. The van der Waals surface area contributed by atoms with Crippen LogP contribution in [0.3, 0.4) is 0 Å². The maximum Gasteiger partial charge on any atom is 0.417 e. The number of piperidine rings is 1. The van der Waals surface area contributed by atoms with Crippen molar-refractivity contribution < 1.29 is 22.8 Å². The van der Waals surface area contributed by atoms with E-state index in [0.717, 1.165) is 16.7 Å². The van der Waals surface area contributed by atoms with Crippen molar-refractivity contribution >= 4 is 28.8 Å². The number of nitrogens with one attached hydrogen (secondary N) is 1. The van der Waals surface area contributed by atoms with Gasteiger partial charge in [-0.1, -0.05) is 18.2 Å². The van der Waals surface area contributed by atoms with E-state index in [-0.39, 0.29) is 18.0 Å². The highest BCUT2D eigenvalue weighted by Gasteiger charge is 2.38. The number of alkyl halides is 3. The number of anilines is 1. The van der Waals surface area contributed by atoms with Crippen molar-refractivity contribution in [1.82, 2.24) is 4.90 Å². The smallest absolute Gasteiger partial charge is 0.338 e. The summed E-state index contributed by atoms with van der Waals surface area (Å²) in [5.41, 5.74) is -0.604. The quantitative estimate of drug-likeness (QED) is 0.862. The summed E-state index contributed by atoms with van der Waals surface area (Å²) in [5, 5.41) is 4.95. The highest BCUT2D eigenvalue weighted by Crippen LogP contribution is 2.35. The monoisotopic (exact) mass is 382 g/mol. The van der Waals surface area contributed by atoms with Crippen LogP contribution in [-0.2, 0) is 11.0 Å². The molecular formula is C18H17F3N2O2S. The molecule has 1 atom stereocenters. The zero-order valence-corrected chi connectivity index (χ0v) is 14.6. The second-order valence-corrected chi connectivity index (χ2v) is 6.89. The number of likely N-dealkylation sites (tertiary alicyclic amines) is 1. The van der Waals surface area contributed by atoms with Crippen molar-refractivity contribution in [3.8, 4) is 0 Å². The molecule has 0 saturated carbocycles. The lowest BCUT2D eigenvalue weighted by molar-refractivity contribution is -0.137. The van der Waals surface area contributed by atoms with E-state index >= 15 is 0 Å². The Kier molecular flexibility index (Phi) is 5.31. The van der Waals surface area contributed by atoms with Crippen LogP contribution in [0.5, 0.6) is 0 Å². The van der Waals surface area contributed by atoms with Gasteiger partial charge in [-0.3, -0.25) is 9.59 Å². The molecule has 2 aromatic rings. The van der Waals surface area contributed by atoms with Gasteiger partial charge in [0.1, 0.15) is 0 Å². The van der Waals surface area contributed by atoms with Crippen LogP contribution >= 0.6 is 11.3 Å². The van der Waals surface area contributed by atoms with Gasteiger partial charge in [0.2, 0.25) is 5.91 Å². The molecule has 1 aliphatic heterocycles. The van der Waals surface area contributed by atoms with Crippen LogP contribution in [0.15, 0.2) is 41.1 Å². The van der Waals surface area contributed by atoms with Crippen LogP contribution in [0, 0.1) is 5.92 Å². The third kappa shape index (κ3) is 4.07. The van der Waals surface area contributed by atoms with E-state index in [9.17, 15) is 22.8 Å². The van der Waals surface area contributed by atoms with Crippen LogP contribution in [0.25, 0.3) is 0 Å². The Balaban J connectivity index is 1.69. The Labute approximate surface area is 152 Å². The summed E-state index contributed by atoms with van der Waals surface area (Å²) in [5.74, 6) is -1.34. The number of hydrogen-bond donors (Lipinski definition) is 1. The number of nitrogens with zero attached hydrogens (tertiary/aromatic N) is 1. The van der Waals surface area contributed by atoms with Gasteiger partial charge in [-0.2, -0.15) is 24.5 Å². The van der Waals surface area contributed by atoms with Crippen molar-refractivity contribution in [1.29, 1.82) is 0 Å². The van der Waals surface area contributed by atoms with Gasteiger partial charge in [-0.25, -0.2) is 0 Å². The second-order valence-electron chi connectivity index (χ2n) is 6.14. The van der Waals surface area contributed by atoms with E-state index in [1.54, 1.807) is 24.3 Å². The molecule has 1 aliphatic rings. The first-order valence-electron chi connectivity index (χ1n) is 8.15. The molecule has 0 radical (unpaired) electrons. The molecule has 8 heteroatoms. The number of amides is 2. The zero-order valence-electron chi connectivity index (χ0n) is 13.8. The third-order valence-corrected chi connectivity index (χ3v) is 5.06. The molecule has 1 aromatic heterocycles. The molecule has 26 heavy (non-hydrogen) atoms. The molecule has 0 bridgehead atoms. The summed E-state index contributed by atoms with van der Waals surface area (Å²) in [4.78, 5) is 26.3. The van der Waals surface area contributed by atoms with E-state index in [4.69, 9.17) is 0 Å². The maximum absolute atomic E-state index is 13.0. The molecule has 1 N–H and O–H groups in total. The van der Waals surface area contributed by atoms with Gasteiger partial charge in [-0.05, 0) is 25.0 Å². The van der Waals surface area contributed by atoms with Crippen molar-refractivity contribution in [2.24, 2.45) is 5.92 Å². The lowest BCUT2D eigenvalue weighted by Gasteiger charge is -2.32. The molecule has 4 nitrogen and oxygen atoms in total. The van der Waals surface area contributed by atoms with Crippen LogP contribution in [-0.4, -0.2) is 29.8 Å². The number of halogens is 3. The number of carbonyl (C=O) groups is 2. The molecule has 1 unspecified atom stereocenters. The average Bonchev–Trinajstić information content (AvgIpc) is 3.12.